The third-order valence-electron chi connectivity index (χ3n) is 5.29. The van der Waals surface area contributed by atoms with Crippen molar-refractivity contribution < 1.29 is 18.7 Å². The zero-order valence-corrected chi connectivity index (χ0v) is 10.2. The molecular formula is C14H18F2O2. The van der Waals surface area contributed by atoms with Crippen LogP contribution in [0.5, 0.6) is 0 Å². The van der Waals surface area contributed by atoms with Crippen molar-refractivity contribution in [1.29, 1.82) is 0 Å². The molecule has 3 rings (SSSR count). The number of hydrogen-bond acceptors (Lipinski definition) is 1. The van der Waals surface area contributed by atoms with E-state index in [1.165, 1.54) is 0 Å². The Labute approximate surface area is 105 Å². The summed E-state index contributed by atoms with van der Waals surface area (Å²) in [6.45, 7) is 0. The minimum atomic E-state index is -2.66. The standard InChI is InChI=1S/C14H18F2O2/c15-14(16)5-3-13(4-6-14,12(17)18)11-8-9-1-2-10(11)7-9/h1-2,9-11H,3-8H2,(H,17,18). The van der Waals surface area contributed by atoms with E-state index >= 15 is 0 Å². The van der Waals surface area contributed by atoms with E-state index in [2.05, 4.69) is 12.2 Å². The zero-order valence-electron chi connectivity index (χ0n) is 10.2. The minimum Gasteiger partial charge on any atom is -0.481 e. The Morgan fingerprint density at radius 3 is 2.22 bits per heavy atom. The van der Waals surface area contributed by atoms with Crippen LogP contribution in [0, 0.1) is 23.2 Å². The molecule has 0 saturated heterocycles. The number of halogens is 2. The molecule has 0 spiro atoms. The van der Waals surface area contributed by atoms with Gasteiger partial charge in [0.15, 0.2) is 0 Å². The van der Waals surface area contributed by atoms with Gasteiger partial charge in [0.05, 0.1) is 5.41 Å². The lowest BCUT2D eigenvalue weighted by Gasteiger charge is -2.43. The predicted molar refractivity (Wildman–Crippen MR) is 62.3 cm³/mol. The van der Waals surface area contributed by atoms with Crippen LogP contribution in [0.3, 0.4) is 0 Å². The molecule has 2 fully saturated rings. The van der Waals surface area contributed by atoms with Crippen LogP contribution in [-0.4, -0.2) is 17.0 Å². The van der Waals surface area contributed by atoms with Gasteiger partial charge in [0.25, 0.3) is 0 Å². The number of hydrogen-bond donors (Lipinski definition) is 1. The molecule has 100 valence electrons. The van der Waals surface area contributed by atoms with Gasteiger partial charge in [0.2, 0.25) is 5.92 Å². The third kappa shape index (κ3) is 1.69. The zero-order chi connectivity index (χ0) is 13.0. The summed E-state index contributed by atoms with van der Waals surface area (Å²) in [4.78, 5) is 11.7. The quantitative estimate of drug-likeness (QED) is 0.768. The molecule has 0 aliphatic heterocycles. The Morgan fingerprint density at radius 2 is 1.78 bits per heavy atom. The first kappa shape index (κ1) is 12.1. The van der Waals surface area contributed by atoms with Crippen molar-refractivity contribution in [3.63, 3.8) is 0 Å². The molecule has 2 saturated carbocycles. The van der Waals surface area contributed by atoms with Gasteiger partial charge < -0.3 is 5.11 Å². The van der Waals surface area contributed by atoms with E-state index in [0.717, 1.165) is 12.8 Å². The predicted octanol–water partition coefficient (Wildman–Crippen LogP) is 3.48. The van der Waals surface area contributed by atoms with Crippen LogP contribution >= 0.6 is 0 Å². The van der Waals surface area contributed by atoms with Crippen LogP contribution in [-0.2, 0) is 4.79 Å². The fourth-order valence-electron chi connectivity index (χ4n) is 4.22. The number of carbonyl (C=O) groups is 1. The summed E-state index contributed by atoms with van der Waals surface area (Å²) in [6.07, 6.45) is 5.90. The molecule has 2 bridgehead atoms. The first-order valence-corrected chi connectivity index (χ1v) is 6.72. The normalized spacial score (nSPS) is 40.0. The molecule has 3 atom stereocenters. The highest BCUT2D eigenvalue weighted by Crippen LogP contribution is 2.58. The number of alkyl halides is 2. The summed E-state index contributed by atoms with van der Waals surface area (Å²) < 4.78 is 26.6. The van der Waals surface area contributed by atoms with Crippen LogP contribution in [0.4, 0.5) is 8.78 Å². The van der Waals surface area contributed by atoms with Gasteiger partial charge in [-0.3, -0.25) is 4.79 Å². The summed E-state index contributed by atoms with van der Waals surface area (Å²) in [5, 5.41) is 9.58. The fraction of sp³-hybridized carbons (Fsp3) is 0.786. The Balaban J connectivity index is 1.85. The maximum Gasteiger partial charge on any atom is 0.309 e. The van der Waals surface area contributed by atoms with E-state index in [1.807, 2.05) is 0 Å². The van der Waals surface area contributed by atoms with E-state index in [4.69, 9.17) is 0 Å². The van der Waals surface area contributed by atoms with E-state index in [1.54, 1.807) is 0 Å². The molecule has 0 aromatic carbocycles. The highest BCUT2D eigenvalue weighted by molar-refractivity contribution is 5.75. The van der Waals surface area contributed by atoms with Crippen molar-refractivity contribution >= 4 is 5.97 Å². The second kappa shape index (κ2) is 3.78. The number of fused-ring (bicyclic) bond motifs is 2. The highest BCUT2D eigenvalue weighted by atomic mass is 19.3. The molecule has 3 aliphatic rings. The Bertz CT molecular complexity index is 393. The van der Waals surface area contributed by atoms with Gasteiger partial charge in [-0.25, -0.2) is 8.78 Å². The van der Waals surface area contributed by atoms with Gasteiger partial charge in [-0.2, -0.15) is 0 Å². The minimum absolute atomic E-state index is 0.0705. The number of rotatable bonds is 2. The molecule has 0 amide bonds. The average molecular weight is 256 g/mol. The van der Waals surface area contributed by atoms with Gasteiger partial charge in [0.1, 0.15) is 0 Å². The van der Waals surface area contributed by atoms with Crippen molar-refractivity contribution in [3.05, 3.63) is 12.2 Å². The van der Waals surface area contributed by atoms with Crippen LogP contribution in [0.15, 0.2) is 12.2 Å². The Morgan fingerprint density at radius 1 is 1.11 bits per heavy atom. The number of allylic oxidation sites excluding steroid dienone is 2. The first-order valence-electron chi connectivity index (χ1n) is 6.72. The van der Waals surface area contributed by atoms with E-state index in [-0.39, 0.29) is 31.6 Å². The van der Waals surface area contributed by atoms with Crippen LogP contribution in [0.25, 0.3) is 0 Å². The summed E-state index contributed by atoms with van der Waals surface area (Å²) >= 11 is 0. The molecule has 0 radical (unpaired) electrons. The maximum atomic E-state index is 13.3. The smallest absolute Gasteiger partial charge is 0.309 e. The van der Waals surface area contributed by atoms with Gasteiger partial charge in [-0.15, -0.1) is 0 Å². The summed E-state index contributed by atoms with van der Waals surface area (Å²) in [5.74, 6) is -2.66. The highest BCUT2D eigenvalue weighted by Gasteiger charge is 2.56. The lowest BCUT2D eigenvalue weighted by Crippen LogP contribution is -2.45. The van der Waals surface area contributed by atoms with Crippen LogP contribution in [0.2, 0.25) is 0 Å². The molecule has 1 N–H and O–H groups in total. The summed E-state index contributed by atoms with van der Waals surface area (Å²) in [5.41, 5.74) is -0.897. The fourth-order valence-corrected chi connectivity index (χ4v) is 4.22. The van der Waals surface area contributed by atoms with Crippen molar-refractivity contribution in [2.24, 2.45) is 23.2 Å². The lowest BCUT2D eigenvalue weighted by atomic mass is 9.61. The van der Waals surface area contributed by atoms with E-state index in [9.17, 15) is 18.7 Å². The SMILES string of the molecule is O=C(O)C1(C2CC3C=CC2C3)CCC(F)(F)CC1. The topological polar surface area (TPSA) is 37.3 Å². The Hall–Kier alpha value is -0.930. The second-order valence-corrected chi connectivity index (χ2v) is 6.20. The summed E-state index contributed by atoms with van der Waals surface area (Å²) in [7, 11) is 0. The molecule has 0 heterocycles. The van der Waals surface area contributed by atoms with Crippen molar-refractivity contribution in [1.82, 2.24) is 0 Å². The van der Waals surface area contributed by atoms with Gasteiger partial charge >= 0.3 is 5.97 Å². The second-order valence-electron chi connectivity index (χ2n) is 6.20. The average Bonchev–Trinajstić information content (AvgIpc) is 2.91. The molecule has 0 aromatic rings. The third-order valence-corrected chi connectivity index (χ3v) is 5.29. The molecular weight excluding hydrogens is 238 g/mol. The number of carboxylic acids is 1. The molecule has 3 aliphatic carbocycles. The maximum absolute atomic E-state index is 13.3. The van der Waals surface area contributed by atoms with Crippen molar-refractivity contribution in [2.45, 2.75) is 44.4 Å². The largest absolute Gasteiger partial charge is 0.481 e. The van der Waals surface area contributed by atoms with E-state index in [0.29, 0.717) is 11.8 Å². The number of aliphatic carboxylic acids is 1. The molecule has 0 aromatic heterocycles. The Kier molecular flexibility index (Phi) is 2.55. The van der Waals surface area contributed by atoms with Crippen LogP contribution < -0.4 is 0 Å². The van der Waals surface area contributed by atoms with Gasteiger partial charge in [-0.1, -0.05) is 12.2 Å². The number of carboxylic acid groups (broad SMARTS) is 1. The summed E-state index contributed by atoms with van der Waals surface area (Å²) in [6, 6.07) is 0. The van der Waals surface area contributed by atoms with E-state index < -0.39 is 17.3 Å². The van der Waals surface area contributed by atoms with Crippen molar-refractivity contribution in [3.8, 4) is 0 Å². The molecule has 2 nitrogen and oxygen atoms in total. The van der Waals surface area contributed by atoms with Crippen molar-refractivity contribution in [2.75, 3.05) is 0 Å². The first-order chi connectivity index (χ1) is 8.43. The van der Waals surface area contributed by atoms with Crippen LogP contribution in [0.1, 0.15) is 38.5 Å². The molecule has 18 heavy (non-hydrogen) atoms. The molecule has 3 unspecified atom stereocenters. The lowest BCUT2D eigenvalue weighted by molar-refractivity contribution is -0.163. The van der Waals surface area contributed by atoms with Gasteiger partial charge in [0, 0.05) is 12.8 Å². The monoisotopic (exact) mass is 256 g/mol. The van der Waals surface area contributed by atoms with Gasteiger partial charge in [-0.05, 0) is 43.4 Å². The molecule has 4 heteroatoms.